The Morgan fingerprint density at radius 3 is 2.60 bits per heavy atom. The van der Waals surface area contributed by atoms with E-state index in [1.807, 2.05) is 6.92 Å². The molecule has 1 N–H and O–H groups in total. The van der Waals surface area contributed by atoms with Crippen molar-refractivity contribution in [3.05, 3.63) is 10.4 Å². The van der Waals surface area contributed by atoms with E-state index in [4.69, 9.17) is 10.3 Å². The number of carbonyl (C=O) groups excluding carboxylic acids is 1. The first-order valence-electron chi connectivity index (χ1n) is 7.53. The normalized spacial score (nSPS) is 13.3. The zero-order valence-electron chi connectivity index (χ0n) is 13.0. The summed E-state index contributed by atoms with van der Waals surface area (Å²) < 4.78 is 5.14. The topological polar surface area (TPSA) is 87.1 Å². The number of esters is 1. The Labute approximate surface area is 121 Å². The molecule has 6 nitrogen and oxygen atoms in total. The molecule has 0 aliphatic rings. The second kappa shape index (κ2) is 11.6. The van der Waals surface area contributed by atoms with Crippen molar-refractivity contribution in [3.63, 3.8) is 0 Å². The molecule has 1 unspecified atom stereocenters. The van der Waals surface area contributed by atoms with Gasteiger partial charge < -0.3 is 10.1 Å². The van der Waals surface area contributed by atoms with E-state index in [-0.39, 0.29) is 5.97 Å². The van der Waals surface area contributed by atoms with E-state index in [1.165, 1.54) is 19.3 Å². The molecule has 0 aliphatic heterocycles. The number of hydrogen-bond donors (Lipinski definition) is 1. The third-order valence-corrected chi connectivity index (χ3v) is 3.30. The van der Waals surface area contributed by atoms with Crippen molar-refractivity contribution in [1.29, 1.82) is 0 Å². The molecule has 116 valence electrons. The molecular weight excluding hydrogens is 256 g/mol. The summed E-state index contributed by atoms with van der Waals surface area (Å²) in [5, 5.41) is 6.63. The lowest BCUT2D eigenvalue weighted by molar-refractivity contribution is -0.150. The Kier molecular flexibility index (Phi) is 10.8. The van der Waals surface area contributed by atoms with Crippen molar-refractivity contribution in [2.24, 2.45) is 5.11 Å². The van der Waals surface area contributed by atoms with Crippen molar-refractivity contribution in [2.45, 2.75) is 64.8 Å². The van der Waals surface area contributed by atoms with Crippen LogP contribution in [0.3, 0.4) is 0 Å². The van der Waals surface area contributed by atoms with Gasteiger partial charge in [0.25, 0.3) is 0 Å². The van der Waals surface area contributed by atoms with Crippen LogP contribution in [0.5, 0.6) is 0 Å². The lowest BCUT2D eigenvalue weighted by Gasteiger charge is -2.28. The Balaban J connectivity index is 4.29. The molecule has 0 bridgehead atoms. The summed E-state index contributed by atoms with van der Waals surface area (Å²) in [6, 6.07) is 0. The van der Waals surface area contributed by atoms with Crippen LogP contribution in [0.1, 0.15) is 59.3 Å². The number of nitrogens with one attached hydrogen (secondary N) is 1. The average molecular weight is 284 g/mol. The minimum atomic E-state index is -0.687. The van der Waals surface area contributed by atoms with Gasteiger partial charge >= 0.3 is 5.97 Å². The molecule has 0 amide bonds. The first-order chi connectivity index (χ1) is 9.60. The average Bonchev–Trinajstić information content (AvgIpc) is 2.44. The molecule has 1 atom stereocenters. The molecule has 0 radical (unpaired) electrons. The van der Waals surface area contributed by atoms with Gasteiger partial charge in [0.15, 0.2) is 0 Å². The second-order valence-corrected chi connectivity index (χ2v) is 5.10. The maximum atomic E-state index is 12.1. The maximum Gasteiger partial charge on any atom is 0.326 e. The fourth-order valence-electron chi connectivity index (χ4n) is 2.06. The van der Waals surface area contributed by atoms with Gasteiger partial charge in [-0.25, -0.2) is 0 Å². The van der Waals surface area contributed by atoms with E-state index in [0.717, 1.165) is 19.3 Å². The van der Waals surface area contributed by atoms with Gasteiger partial charge in [-0.15, -0.1) is 0 Å². The lowest BCUT2D eigenvalue weighted by Crippen LogP contribution is -2.51. The minimum Gasteiger partial charge on any atom is -0.465 e. The number of rotatable bonds is 12. The molecule has 0 aliphatic carbocycles. The zero-order chi connectivity index (χ0) is 15.3. The van der Waals surface area contributed by atoms with Crippen LogP contribution < -0.4 is 5.32 Å². The van der Waals surface area contributed by atoms with Gasteiger partial charge in [-0.2, -0.15) is 0 Å². The summed E-state index contributed by atoms with van der Waals surface area (Å²) in [5.41, 5.74) is 7.56. The Hall–Kier alpha value is -1.26. The molecule has 0 saturated carbocycles. The van der Waals surface area contributed by atoms with Crippen molar-refractivity contribution in [2.75, 3.05) is 19.7 Å². The van der Waals surface area contributed by atoms with E-state index < -0.39 is 5.54 Å². The fourth-order valence-corrected chi connectivity index (χ4v) is 2.06. The third-order valence-electron chi connectivity index (χ3n) is 3.30. The minimum absolute atomic E-state index is 0.226. The first-order valence-corrected chi connectivity index (χ1v) is 7.53. The van der Waals surface area contributed by atoms with E-state index in [9.17, 15) is 4.79 Å². The number of nitrogens with zero attached hydrogens (tertiary/aromatic N) is 3. The van der Waals surface area contributed by atoms with Crippen molar-refractivity contribution in [1.82, 2.24) is 5.32 Å². The predicted molar refractivity (Wildman–Crippen MR) is 80.4 cm³/mol. The number of hydrogen-bond acceptors (Lipinski definition) is 4. The first kappa shape index (κ1) is 18.7. The molecule has 0 spiro atoms. The smallest absolute Gasteiger partial charge is 0.326 e. The standard InChI is InChI=1S/C14H28N4O2/c1-4-6-7-8-9-10-14(3,13(19)20-5-2)16-11-12-17-18-15/h16H,4-12H2,1-3H3. The Morgan fingerprint density at radius 2 is 2.00 bits per heavy atom. The van der Waals surface area contributed by atoms with E-state index in [2.05, 4.69) is 22.3 Å². The van der Waals surface area contributed by atoms with Crippen molar-refractivity contribution >= 4 is 5.97 Å². The molecular formula is C14H28N4O2. The van der Waals surface area contributed by atoms with Gasteiger partial charge in [-0.1, -0.05) is 44.1 Å². The zero-order valence-corrected chi connectivity index (χ0v) is 13.0. The van der Waals surface area contributed by atoms with Crippen LogP contribution in [0, 0.1) is 0 Å². The Bertz CT molecular complexity index is 316. The molecule has 0 fully saturated rings. The van der Waals surface area contributed by atoms with Gasteiger partial charge in [0, 0.05) is 18.0 Å². The fraction of sp³-hybridized carbons (Fsp3) is 0.929. The summed E-state index contributed by atoms with van der Waals surface area (Å²) in [6.45, 7) is 7.04. The van der Waals surface area contributed by atoms with Crippen molar-refractivity contribution in [3.8, 4) is 0 Å². The van der Waals surface area contributed by atoms with Gasteiger partial charge in [0.05, 0.1) is 6.61 Å². The van der Waals surface area contributed by atoms with E-state index in [0.29, 0.717) is 19.7 Å². The van der Waals surface area contributed by atoms with Crippen LogP contribution in [0.15, 0.2) is 5.11 Å². The number of ether oxygens (including phenoxy) is 1. The summed E-state index contributed by atoms with van der Waals surface area (Å²) in [5.74, 6) is -0.226. The van der Waals surface area contributed by atoms with Crippen LogP contribution in [-0.4, -0.2) is 31.2 Å². The molecule has 0 saturated heterocycles. The highest BCUT2D eigenvalue weighted by atomic mass is 16.5. The molecule has 0 heterocycles. The van der Waals surface area contributed by atoms with E-state index in [1.54, 1.807) is 6.92 Å². The van der Waals surface area contributed by atoms with Crippen LogP contribution in [0.4, 0.5) is 0 Å². The van der Waals surface area contributed by atoms with Crippen LogP contribution in [0.25, 0.3) is 10.4 Å². The van der Waals surface area contributed by atoms with E-state index >= 15 is 0 Å². The van der Waals surface area contributed by atoms with Crippen LogP contribution in [0.2, 0.25) is 0 Å². The number of unbranched alkanes of at least 4 members (excludes halogenated alkanes) is 4. The predicted octanol–water partition coefficient (Wildman–Crippen LogP) is 3.57. The number of azide groups is 1. The highest BCUT2D eigenvalue weighted by Gasteiger charge is 2.33. The van der Waals surface area contributed by atoms with Gasteiger partial charge in [0.1, 0.15) is 5.54 Å². The SMILES string of the molecule is CCCCCCCC(C)(NCCN=[N+]=[N-])C(=O)OCC. The summed E-state index contributed by atoms with van der Waals surface area (Å²) >= 11 is 0. The molecule has 0 aromatic carbocycles. The van der Waals surface area contributed by atoms with Crippen LogP contribution in [-0.2, 0) is 9.53 Å². The monoisotopic (exact) mass is 284 g/mol. The molecule has 6 heteroatoms. The van der Waals surface area contributed by atoms with Gasteiger partial charge in [-0.05, 0) is 25.8 Å². The number of carbonyl (C=O) groups is 1. The summed E-state index contributed by atoms with van der Waals surface area (Å²) in [7, 11) is 0. The molecule has 0 aromatic heterocycles. The van der Waals surface area contributed by atoms with Gasteiger partial charge in [0.2, 0.25) is 0 Å². The second-order valence-electron chi connectivity index (χ2n) is 5.10. The highest BCUT2D eigenvalue weighted by Crippen LogP contribution is 2.17. The van der Waals surface area contributed by atoms with Gasteiger partial charge in [-0.3, -0.25) is 4.79 Å². The summed E-state index contributed by atoms with van der Waals surface area (Å²) in [4.78, 5) is 14.8. The molecule has 0 rings (SSSR count). The third kappa shape index (κ3) is 8.02. The Morgan fingerprint density at radius 1 is 1.30 bits per heavy atom. The quantitative estimate of drug-likeness (QED) is 0.195. The molecule has 0 aromatic rings. The lowest BCUT2D eigenvalue weighted by atomic mass is 9.93. The van der Waals surface area contributed by atoms with Crippen LogP contribution >= 0.6 is 0 Å². The summed E-state index contributed by atoms with van der Waals surface area (Å²) in [6.07, 6.45) is 6.50. The largest absolute Gasteiger partial charge is 0.465 e. The maximum absolute atomic E-state index is 12.1. The highest BCUT2D eigenvalue weighted by molar-refractivity contribution is 5.80. The molecule has 20 heavy (non-hydrogen) atoms. The van der Waals surface area contributed by atoms with Crippen molar-refractivity contribution < 1.29 is 9.53 Å².